The van der Waals surface area contributed by atoms with Gasteiger partial charge in [0.1, 0.15) is 23.9 Å². The molecule has 0 amide bonds. The molecule has 2 heterocycles. The molecule has 0 atom stereocenters. The van der Waals surface area contributed by atoms with Crippen molar-refractivity contribution in [2.45, 2.75) is 40.0 Å². The van der Waals surface area contributed by atoms with Crippen LogP contribution in [-0.2, 0) is 12.5 Å². The molecule has 0 aliphatic rings. The van der Waals surface area contributed by atoms with Gasteiger partial charge in [-0.3, -0.25) is 0 Å². The summed E-state index contributed by atoms with van der Waals surface area (Å²) in [5.41, 5.74) is 6.99. The third-order valence-corrected chi connectivity index (χ3v) is 5.47. The van der Waals surface area contributed by atoms with E-state index in [4.69, 9.17) is 4.98 Å². The lowest BCUT2D eigenvalue weighted by Gasteiger charge is -2.22. The first-order valence-electron chi connectivity index (χ1n) is 9.68. The van der Waals surface area contributed by atoms with Crippen molar-refractivity contribution in [1.82, 2.24) is 14.5 Å². The number of fused-ring (bicyclic) bond motifs is 1. The number of hydrogen-bond donors (Lipinski definition) is 0. The Morgan fingerprint density at radius 3 is 2.43 bits per heavy atom. The zero-order chi connectivity index (χ0) is 20.1. The zero-order valence-electron chi connectivity index (χ0n) is 17.5. The van der Waals surface area contributed by atoms with E-state index < -0.39 is 0 Å². The maximum Gasteiger partial charge on any atom is 0.300 e. The highest BCUT2D eigenvalue weighted by Gasteiger charge is 2.23. The fourth-order valence-corrected chi connectivity index (χ4v) is 3.70. The normalized spacial score (nSPS) is 11.9. The van der Waals surface area contributed by atoms with Gasteiger partial charge in [-0.15, -0.1) is 0 Å². The maximum absolute atomic E-state index is 4.96. The second-order valence-electron chi connectivity index (χ2n) is 8.44. The van der Waals surface area contributed by atoms with E-state index in [1.807, 2.05) is 25.3 Å². The first-order chi connectivity index (χ1) is 13.3. The minimum Gasteiger partial charge on any atom is -0.327 e. The summed E-state index contributed by atoms with van der Waals surface area (Å²) in [6.07, 6.45) is 3.91. The summed E-state index contributed by atoms with van der Waals surface area (Å²) >= 11 is 0. The Hall–Kier alpha value is -3.01. The Morgan fingerprint density at radius 1 is 1.00 bits per heavy atom. The number of nitrogens with zero attached hydrogens (tertiary/aromatic N) is 4. The van der Waals surface area contributed by atoms with Crippen molar-refractivity contribution in [1.29, 1.82) is 0 Å². The van der Waals surface area contributed by atoms with Crippen molar-refractivity contribution in [3.8, 4) is 17.1 Å². The van der Waals surface area contributed by atoms with E-state index in [1.54, 1.807) is 0 Å². The monoisotopic (exact) mass is 371 g/mol. The third kappa shape index (κ3) is 2.99. The number of aromatic nitrogens is 4. The van der Waals surface area contributed by atoms with Gasteiger partial charge in [-0.2, -0.15) is 0 Å². The van der Waals surface area contributed by atoms with E-state index >= 15 is 0 Å². The molecule has 0 radical (unpaired) electrons. The molecule has 142 valence electrons. The third-order valence-electron chi connectivity index (χ3n) is 5.47. The molecular weight excluding hydrogens is 344 g/mol. The summed E-state index contributed by atoms with van der Waals surface area (Å²) in [5.74, 6) is 1.96. The van der Waals surface area contributed by atoms with Gasteiger partial charge in [-0.1, -0.05) is 37.9 Å². The Morgan fingerprint density at radius 2 is 1.75 bits per heavy atom. The van der Waals surface area contributed by atoms with E-state index in [0.29, 0.717) is 0 Å². The van der Waals surface area contributed by atoms with Crippen LogP contribution < -0.4 is 4.57 Å². The van der Waals surface area contributed by atoms with Gasteiger partial charge in [0.15, 0.2) is 0 Å². The first kappa shape index (κ1) is 18.4. The minimum absolute atomic E-state index is 0.0263. The van der Waals surface area contributed by atoms with Crippen LogP contribution in [0.25, 0.3) is 28.1 Å². The average Bonchev–Trinajstić information content (AvgIpc) is 2.99. The summed E-state index contributed by atoms with van der Waals surface area (Å²) in [6, 6.07) is 14.9. The molecule has 4 aromatic rings. The van der Waals surface area contributed by atoms with E-state index in [-0.39, 0.29) is 5.41 Å². The Kier molecular flexibility index (Phi) is 4.30. The largest absolute Gasteiger partial charge is 0.327 e. The molecular formula is C24H27N4+. The topological polar surface area (TPSA) is 34.6 Å². The highest BCUT2D eigenvalue weighted by molar-refractivity contribution is 5.81. The van der Waals surface area contributed by atoms with Gasteiger partial charge in [0, 0.05) is 31.2 Å². The summed E-state index contributed by atoms with van der Waals surface area (Å²) in [5, 5.41) is 0. The molecule has 0 aliphatic heterocycles. The predicted molar refractivity (Wildman–Crippen MR) is 114 cm³/mol. The van der Waals surface area contributed by atoms with Gasteiger partial charge in [0.05, 0.1) is 11.0 Å². The Labute approximate surface area is 166 Å². The van der Waals surface area contributed by atoms with Crippen LogP contribution in [0.2, 0.25) is 0 Å². The number of para-hydroxylation sites is 2. The van der Waals surface area contributed by atoms with Crippen LogP contribution >= 0.6 is 0 Å². The standard InChI is InChI=1S/C24H27N4/c1-16-19(23-26-20-10-7-8-11-21(20)27(23)6)14-18(24(3,4)5)15-22(16)28-13-9-12-25-17(28)2/h7-15H,1-6H3/q+1. The molecule has 0 saturated heterocycles. The second-order valence-corrected chi connectivity index (χ2v) is 8.44. The molecule has 2 aromatic heterocycles. The summed E-state index contributed by atoms with van der Waals surface area (Å²) in [4.78, 5) is 9.45. The molecule has 4 rings (SSSR count). The molecule has 28 heavy (non-hydrogen) atoms. The minimum atomic E-state index is 0.0263. The van der Waals surface area contributed by atoms with Crippen molar-refractivity contribution >= 4 is 11.0 Å². The maximum atomic E-state index is 4.96. The molecule has 0 N–H and O–H groups in total. The van der Waals surface area contributed by atoms with Gasteiger partial charge in [0.2, 0.25) is 0 Å². The van der Waals surface area contributed by atoms with Crippen molar-refractivity contribution in [2.24, 2.45) is 7.05 Å². The van der Waals surface area contributed by atoms with Crippen LogP contribution in [0, 0.1) is 13.8 Å². The van der Waals surface area contributed by atoms with Crippen molar-refractivity contribution in [2.75, 3.05) is 0 Å². The van der Waals surface area contributed by atoms with Gasteiger partial charge >= 0.3 is 0 Å². The lowest BCUT2D eigenvalue weighted by molar-refractivity contribution is -0.606. The zero-order valence-corrected chi connectivity index (χ0v) is 17.5. The van der Waals surface area contributed by atoms with Gasteiger partial charge in [-0.25, -0.2) is 9.55 Å². The number of imidazole rings is 1. The highest BCUT2D eigenvalue weighted by atomic mass is 15.1. The Bertz CT molecular complexity index is 1180. The Balaban J connectivity index is 2.05. The van der Waals surface area contributed by atoms with E-state index in [2.05, 4.69) is 85.4 Å². The van der Waals surface area contributed by atoms with Crippen LogP contribution in [0.5, 0.6) is 0 Å². The number of rotatable bonds is 2. The van der Waals surface area contributed by atoms with Gasteiger partial charge in [0.25, 0.3) is 5.82 Å². The number of hydrogen-bond acceptors (Lipinski definition) is 2. The number of benzene rings is 2. The summed E-state index contributed by atoms with van der Waals surface area (Å²) in [6.45, 7) is 11.0. The molecule has 0 spiro atoms. The fourth-order valence-electron chi connectivity index (χ4n) is 3.70. The second kappa shape index (κ2) is 6.55. The molecule has 0 aliphatic carbocycles. The lowest BCUT2D eigenvalue weighted by Crippen LogP contribution is -2.36. The van der Waals surface area contributed by atoms with Crippen LogP contribution in [0.4, 0.5) is 0 Å². The van der Waals surface area contributed by atoms with E-state index in [9.17, 15) is 0 Å². The summed E-state index contributed by atoms with van der Waals surface area (Å²) < 4.78 is 4.35. The highest BCUT2D eigenvalue weighted by Crippen LogP contribution is 2.33. The lowest BCUT2D eigenvalue weighted by atomic mass is 9.84. The fraction of sp³-hybridized carbons (Fsp3) is 0.292. The SMILES string of the molecule is Cc1c(-c2nc3ccccc3n2C)cc(C(C)(C)C)cc1-[n+]1cccnc1C. The molecule has 0 bridgehead atoms. The van der Waals surface area contributed by atoms with Gasteiger partial charge in [-0.05, 0) is 42.2 Å². The van der Waals surface area contributed by atoms with Crippen LogP contribution in [0.1, 0.15) is 37.7 Å². The molecule has 0 unspecified atom stereocenters. The molecule has 0 saturated carbocycles. The number of aryl methyl sites for hydroxylation is 2. The predicted octanol–water partition coefficient (Wildman–Crippen LogP) is 4.83. The summed E-state index contributed by atoms with van der Waals surface area (Å²) in [7, 11) is 2.09. The van der Waals surface area contributed by atoms with E-state index in [1.165, 1.54) is 11.1 Å². The molecule has 4 heteroatoms. The van der Waals surface area contributed by atoms with Gasteiger partial charge < -0.3 is 4.57 Å². The quantitative estimate of drug-likeness (QED) is 0.473. The molecule has 2 aromatic carbocycles. The van der Waals surface area contributed by atoms with Crippen molar-refractivity contribution in [3.63, 3.8) is 0 Å². The molecule has 0 fully saturated rings. The van der Waals surface area contributed by atoms with Crippen molar-refractivity contribution in [3.05, 3.63) is 71.8 Å². The molecule has 4 nitrogen and oxygen atoms in total. The van der Waals surface area contributed by atoms with Crippen LogP contribution in [0.3, 0.4) is 0 Å². The van der Waals surface area contributed by atoms with E-state index in [0.717, 1.165) is 33.9 Å². The first-order valence-corrected chi connectivity index (χ1v) is 9.68. The van der Waals surface area contributed by atoms with Crippen LogP contribution in [0.15, 0.2) is 54.9 Å². The average molecular weight is 372 g/mol. The van der Waals surface area contributed by atoms with Crippen molar-refractivity contribution < 1.29 is 4.57 Å². The van der Waals surface area contributed by atoms with Crippen LogP contribution in [-0.4, -0.2) is 14.5 Å². The smallest absolute Gasteiger partial charge is 0.300 e.